The van der Waals surface area contributed by atoms with E-state index < -0.39 is 20.5 Å². The van der Waals surface area contributed by atoms with Gasteiger partial charge in [0.2, 0.25) is 5.91 Å². The van der Waals surface area contributed by atoms with Gasteiger partial charge in [0, 0.05) is 6.26 Å². The first-order valence-corrected chi connectivity index (χ1v) is 6.24. The molecule has 0 heterocycles. The third kappa shape index (κ3) is 1.87. The lowest BCUT2D eigenvalue weighted by molar-refractivity contribution is -0.120. The highest BCUT2D eigenvalue weighted by Crippen LogP contribution is 2.28. The average molecular weight is 227 g/mol. The predicted molar refractivity (Wildman–Crippen MR) is 57.8 cm³/mol. The van der Waals surface area contributed by atoms with Crippen molar-refractivity contribution in [2.75, 3.05) is 6.26 Å². The molecule has 5 heteroatoms. The largest absolute Gasteiger partial charge is 0.368 e. The van der Waals surface area contributed by atoms with Gasteiger partial charge in [-0.2, -0.15) is 0 Å². The lowest BCUT2D eigenvalue weighted by atomic mass is 10.00. The first-order valence-electron chi connectivity index (χ1n) is 4.35. The van der Waals surface area contributed by atoms with E-state index in [0.717, 1.165) is 6.26 Å². The number of hydrogen-bond donors (Lipinski definition) is 1. The molecule has 0 fully saturated rings. The minimum atomic E-state index is -3.59. The normalized spacial score (nSPS) is 15.6. The van der Waals surface area contributed by atoms with Crippen LogP contribution in [0.25, 0.3) is 0 Å². The van der Waals surface area contributed by atoms with Crippen LogP contribution < -0.4 is 5.73 Å². The number of amides is 1. The van der Waals surface area contributed by atoms with Gasteiger partial charge in [0.05, 0.1) is 0 Å². The number of benzene rings is 1. The molecule has 82 valence electrons. The minimum Gasteiger partial charge on any atom is -0.368 e. The Morgan fingerprint density at radius 3 is 2.07 bits per heavy atom. The summed E-state index contributed by atoms with van der Waals surface area (Å²) >= 11 is 0. The summed E-state index contributed by atoms with van der Waals surface area (Å²) < 4.78 is 21.5. The molecule has 2 N–H and O–H groups in total. The van der Waals surface area contributed by atoms with Crippen LogP contribution in [0.1, 0.15) is 12.5 Å². The molecular weight excluding hydrogens is 214 g/mol. The van der Waals surface area contributed by atoms with Gasteiger partial charge in [-0.1, -0.05) is 30.3 Å². The zero-order chi connectivity index (χ0) is 11.7. The summed E-state index contributed by atoms with van der Waals surface area (Å²) in [5, 5.41) is 0. The van der Waals surface area contributed by atoms with Crippen LogP contribution in [0, 0.1) is 0 Å². The van der Waals surface area contributed by atoms with Crippen molar-refractivity contribution in [1.82, 2.24) is 0 Å². The second-order valence-electron chi connectivity index (χ2n) is 3.54. The molecule has 15 heavy (non-hydrogen) atoms. The van der Waals surface area contributed by atoms with Crippen LogP contribution in [0.2, 0.25) is 0 Å². The molecule has 1 aromatic rings. The Bertz CT molecular complexity index is 467. The number of primary amides is 1. The van der Waals surface area contributed by atoms with E-state index in [4.69, 9.17) is 5.73 Å². The summed E-state index contributed by atoms with van der Waals surface area (Å²) in [5.74, 6) is -0.865. The molecule has 1 atom stereocenters. The number of hydrogen-bond acceptors (Lipinski definition) is 3. The third-order valence-corrected chi connectivity index (χ3v) is 4.46. The van der Waals surface area contributed by atoms with Crippen molar-refractivity contribution in [2.45, 2.75) is 11.7 Å². The maximum atomic E-state index is 11.6. The van der Waals surface area contributed by atoms with Crippen LogP contribution in [-0.2, 0) is 19.4 Å². The molecule has 0 radical (unpaired) electrons. The van der Waals surface area contributed by atoms with Crippen LogP contribution in [-0.4, -0.2) is 20.6 Å². The topological polar surface area (TPSA) is 77.2 Å². The van der Waals surface area contributed by atoms with E-state index >= 15 is 0 Å². The maximum Gasteiger partial charge on any atom is 0.243 e. The van der Waals surface area contributed by atoms with Crippen molar-refractivity contribution in [1.29, 1.82) is 0 Å². The van der Waals surface area contributed by atoms with Gasteiger partial charge in [0.25, 0.3) is 0 Å². The number of carbonyl (C=O) groups excluding carboxylic acids is 1. The molecule has 0 aliphatic carbocycles. The van der Waals surface area contributed by atoms with Crippen molar-refractivity contribution in [3.05, 3.63) is 35.9 Å². The first kappa shape index (κ1) is 11.7. The molecule has 1 unspecified atom stereocenters. The Morgan fingerprint density at radius 2 is 1.73 bits per heavy atom. The van der Waals surface area contributed by atoms with Gasteiger partial charge in [0.15, 0.2) is 14.6 Å². The Kier molecular flexibility index (Phi) is 2.86. The standard InChI is InChI=1S/C10H13NO3S/c1-10(9(11)12,15(2,13)14)8-6-4-3-5-7-8/h3-7H,1-2H3,(H2,11,12). The van der Waals surface area contributed by atoms with E-state index in [0.29, 0.717) is 5.56 Å². The fourth-order valence-corrected chi connectivity index (χ4v) is 2.22. The van der Waals surface area contributed by atoms with Crippen molar-refractivity contribution in [2.24, 2.45) is 5.73 Å². The zero-order valence-electron chi connectivity index (χ0n) is 8.60. The monoisotopic (exact) mass is 227 g/mol. The Hall–Kier alpha value is -1.36. The van der Waals surface area contributed by atoms with E-state index in [9.17, 15) is 13.2 Å². The van der Waals surface area contributed by atoms with Crippen LogP contribution in [0.3, 0.4) is 0 Å². The smallest absolute Gasteiger partial charge is 0.243 e. The van der Waals surface area contributed by atoms with Crippen LogP contribution in [0.4, 0.5) is 0 Å². The second-order valence-corrected chi connectivity index (χ2v) is 5.90. The van der Waals surface area contributed by atoms with Crippen molar-refractivity contribution >= 4 is 15.7 Å². The Balaban J connectivity index is 3.46. The van der Waals surface area contributed by atoms with Gasteiger partial charge in [-0.3, -0.25) is 4.79 Å². The molecule has 1 aromatic carbocycles. The fourth-order valence-electron chi connectivity index (χ4n) is 1.30. The number of nitrogens with two attached hydrogens (primary N) is 1. The number of rotatable bonds is 3. The maximum absolute atomic E-state index is 11.6. The van der Waals surface area contributed by atoms with Gasteiger partial charge in [0.1, 0.15) is 0 Å². The molecule has 0 spiro atoms. The highest BCUT2D eigenvalue weighted by Gasteiger charge is 2.43. The van der Waals surface area contributed by atoms with Crippen LogP contribution in [0.5, 0.6) is 0 Å². The van der Waals surface area contributed by atoms with Gasteiger partial charge in [-0.15, -0.1) is 0 Å². The lowest BCUT2D eigenvalue weighted by Crippen LogP contribution is -2.44. The van der Waals surface area contributed by atoms with Crippen molar-refractivity contribution in [3.8, 4) is 0 Å². The summed E-state index contributed by atoms with van der Waals surface area (Å²) in [7, 11) is -3.59. The number of carbonyl (C=O) groups is 1. The molecule has 4 nitrogen and oxygen atoms in total. The van der Waals surface area contributed by atoms with E-state index in [1.54, 1.807) is 30.3 Å². The SMILES string of the molecule is CC(C(N)=O)(c1ccccc1)S(C)(=O)=O. The molecular formula is C10H13NO3S. The van der Waals surface area contributed by atoms with Crippen molar-refractivity contribution < 1.29 is 13.2 Å². The van der Waals surface area contributed by atoms with Crippen LogP contribution >= 0.6 is 0 Å². The predicted octanol–water partition coefficient (Wildman–Crippen LogP) is 0.432. The van der Waals surface area contributed by atoms with Gasteiger partial charge >= 0.3 is 0 Å². The second kappa shape index (κ2) is 3.66. The lowest BCUT2D eigenvalue weighted by Gasteiger charge is -2.24. The van der Waals surface area contributed by atoms with E-state index in [1.165, 1.54) is 6.92 Å². The zero-order valence-corrected chi connectivity index (χ0v) is 9.41. The molecule has 0 saturated heterocycles. The highest BCUT2D eigenvalue weighted by molar-refractivity contribution is 7.92. The molecule has 0 bridgehead atoms. The molecule has 0 saturated carbocycles. The van der Waals surface area contributed by atoms with E-state index in [1.807, 2.05) is 0 Å². The summed E-state index contributed by atoms with van der Waals surface area (Å²) in [6.45, 7) is 1.32. The Labute approximate surface area is 89.0 Å². The van der Waals surface area contributed by atoms with Crippen molar-refractivity contribution in [3.63, 3.8) is 0 Å². The fraction of sp³-hybridized carbons (Fsp3) is 0.300. The number of sulfone groups is 1. The summed E-state index contributed by atoms with van der Waals surface area (Å²) in [6.07, 6.45) is 1.00. The van der Waals surface area contributed by atoms with Gasteiger partial charge < -0.3 is 5.73 Å². The molecule has 1 amide bonds. The van der Waals surface area contributed by atoms with E-state index in [-0.39, 0.29) is 0 Å². The average Bonchev–Trinajstić information content (AvgIpc) is 2.16. The first-order chi connectivity index (χ1) is 6.80. The van der Waals surface area contributed by atoms with Gasteiger partial charge in [-0.05, 0) is 12.5 Å². The molecule has 1 rings (SSSR count). The van der Waals surface area contributed by atoms with Gasteiger partial charge in [-0.25, -0.2) is 8.42 Å². The van der Waals surface area contributed by atoms with Crippen LogP contribution in [0.15, 0.2) is 30.3 Å². The molecule has 0 aliphatic heterocycles. The highest BCUT2D eigenvalue weighted by atomic mass is 32.2. The molecule has 0 aliphatic rings. The summed E-state index contributed by atoms with van der Waals surface area (Å²) in [5.41, 5.74) is 5.56. The quantitative estimate of drug-likeness (QED) is 0.813. The molecule has 0 aromatic heterocycles. The summed E-state index contributed by atoms with van der Waals surface area (Å²) in [4.78, 5) is 11.3. The minimum absolute atomic E-state index is 0.389. The Morgan fingerprint density at radius 1 is 1.27 bits per heavy atom. The van der Waals surface area contributed by atoms with E-state index in [2.05, 4.69) is 0 Å². The third-order valence-electron chi connectivity index (χ3n) is 2.54. The summed E-state index contributed by atoms with van der Waals surface area (Å²) in [6, 6.07) is 8.23.